The average Bonchev–Trinajstić information content (AvgIpc) is 2.34. The van der Waals surface area contributed by atoms with E-state index in [1.54, 1.807) is 24.3 Å². The van der Waals surface area contributed by atoms with Gasteiger partial charge >= 0.3 is 0 Å². The van der Waals surface area contributed by atoms with Gasteiger partial charge in [0.15, 0.2) is 0 Å². The van der Waals surface area contributed by atoms with Crippen LogP contribution < -0.4 is 5.32 Å². The third-order valence-electron chi connectivity index (χ3n) is 2.24. The van der Waals surface area contributed by atoms with E-state index in [9.17, 15) is 4.79 Å². The SMILES string of the molecule is O=C(Cc1ccc(Cl)c(Cl)c1)Nc1ccnc(Cl)n1. The number of hydrogen-bond acceptors (Lipinski definition) is 3. The number of carbonyl (C=O) groups is 1. The van der Waals surface area contributed by atoms with Crippen LogP contribution in [0.2, 0.25) is 15.3 Å². The topological polar surface area (TPSA) is 54.9 Å². The Morgan fingerprint density at radius 1 is 1.16 bits per heavy atom. The highest BCUT2D eigenvalue weighted by molar-refractivity contribution is 6.42. The molecule has 1 aromatic heterocycles. The number of rotatable bonds is 3. The number of halogens is 3. The lowest BCUT2D eigenvalue weighted by Gasteiger charge is -2.05. The first-order chi connectivity index (χ1) is 9.04. The highest BCUT2D eigenvalue weighted by Gasteiger charge is 2.07. The Morgan fingerprint density at radius 3 is 2.63 bits per heavy atom. The summed E-state index contributed by atoms with van der Waals surface area (Å²) < 4.78 is 0. The minimum absolute atomic E-state index is 0.0762. The van der Waals surface area contributed by atoms with E-state index in [0.717, 1.165) is 5.56 Å². The van der Waals surface area contributed by atoms with Gasteiger partial charge in [0.1, 0.15) is 5.82 Å². The summed E-state index contributed by atoms with van der Waals surface area (Å²) >= 11 is 17.3. The van der Waals surface area contributed by atoms with Crippen molar-refractivity contribution in [1.29, 1.82) is 0 Å². The second-order valence-corrected chi connectivity index (χ2v) is 4.84. The summed E-state index contributed by atoms with van der Waals surface area (Å²) in [5.41, 5.74) is 0.757. The highest BCUT2D eigenvalue weighted by Crippen LogP contribution is 2.22. The van der Waals surface area contributed by atoms with Crippen LogP contribution in [-0.2, 0) is 11.2 Å². The first-order valence-corrected chi connectivity index (χ1v) is 6.40. The number of nitrogens with one attached hydrogen (secondary N) is 1. The van der Waals surface area contributed by atoms with E-state index in [1.165, 1.54) is 6.20 Å². The summed E-state index contributed by atoms with van der Waals surface area (Å²) in [7, 11) is 0. The van der Waals surface area contributed by atoms with E-state index in [1.807, 2.05) is 0 Å². The van der Waals surface area contributed by atoms with Gasteiger partial charge in [-0.2, -0.15) is 0 Å². The second-order valence-electron chi connectivity index (χ2n) is 3.68. The van der Waals surface area contributed by atoms with Crippen molar-refractivity contribution in [1.82, 2.24) is 9.97 Å². The molecule has 0 aliphatic rings. The molecule has 0 bridgehead atoms. The predicted octanol–water partition coefficient (Wildman–Crippen LogP) is 3.62. The van der Waals surface area contributed by atoms with Crippen molar-refractivity contribution in [2.75, 3.05) is 5.32 Å². The van der Waals surface area contributed by atoms with Gasteiger partial charge in [0.05, 0.1) is 16.5 Å². The maximum Gasteiger partial charge on any atom is 0.229 e. The molecule has 0 aliphatic carbocycles. The zero-order valence-electron chi connectivity index (χ0n) is 9.53. The van der Waals surface area contributed by atoms with E-state index in [4.69, 9.17) is 34.8 Å². The van der Waals surface area contributed by atoms with Gasteiger partial charge in [-0.25, -0.2) is 9.97 Å². The third-order valence-corrected chi connectivity index (χ3v) is 3.16. The van der Waals surface area contributed by atoms with Crippen molar-refractivity contribution in [3.05, 3.63) is 51.4 Å². The molecule has 0 aliphatic heterocycles. The molecule has 0 atom stereocenters. The molecule has 2 rings (SSSR count). The summed E-state index contributed by atoms with van der Waals surface area (Å²) in [6, 6.07) is 6.59. The van der Waals surface area contributed by atoms with Crippen molar-refractivity contribution >= 4 is 46.5 Å². The normalized spacial score (nSPS) is 10.3. The lowest BCUT2D eigenvalue weighted by atomic mass is 10.1. The van der Waals surface area contributed by atoms with Gasteiger partial charge in [-0.05, 0) is 35.4 Å². The molecule has 2 aromatic rings. The fourth-order valence-corrected chi connectivity index (χ4v) is 1.89. The largest absolute Gasteiger partial charge is 0.310 e. The maximum absolute atomic E-state index is 11.8. The van der Waals surface area contributed by atoms with Crippen LogP contribution in [0.3, 0.4) is 0 Å². The lowest BCUT2D eigenvalue weighted by Crippen LogP contribution is -2.15. The smallest absolute Gasteiger partial charge is 0.229 e. The molecule has 0 spiro atoms. The molecule has 1 amide bonds. The van der Waals surface area contributed by atoms with Gasteiger partial charge < -0.3 is 5.32 Å². The van der Waals surface area contributed by atoms with Gasteiger partial charge in [0.2, 0.25) is 11.2 Å². The van der Waals surface area contributed by atoms with Crippen molar-refractivity contribution in [3.8, 4) is 0 Å². The summed E-state index contributed by atoms with van der Waals surface area (Å²) in [5.74, 6) is 0.123. The average molecular weight is 317 g/mol. The van der Waals surface area contributed by atoms with E-state index in [2.05, 4.69) is 15.3 Å². The number of benzene rings is 1. The fourth-order valence-electron chi connectivity index (χ4n) is 1.43. The zero-order valence-corrected chi connectivity index (χ0v) is 11.8. The molecular formula is C12H8Cl3N3O. The van der Waals surface area contributed by atoms with Gasteiger partial charge in [-0.1, -0.05) is 29.3 Å². The zero-order chi connectivity index (χ0) is 13.8. The maximum atomic E-state index is 11.8. The van der Waals surface area contributed by atoms with Gasteiger partial charge in [0.25, 0.3) is 0 Å². The number of nitrogens with zero attached hydrogens (tertiary/aromatic N) is 2. The van der Waals surface area contributed by atoms with Crippen LogP contribution in [0, 0.1) is 0 Å². The van der Waals surface area contributed by atoms with Gasteiger partial charge in [0, 0.05) is 6.20 Å². The first kappa shape index (κ1) is 14.1. The molecule has 19 heavy (non-hydrogen) atoms. The van der Waals surface area contributed by atoms with E-state index >= 15 is 0 Å². The van der Waals surface area contributed by atoms with Crippen LogP contribution in [0.4, 0.5) is 5.82 Å². The monoisotopic (exact) mass is 315 g/mol. The van der Waals surface area contributed by atoms with E-state index < -0.39 is 0 Å². The van der Waals surface area contributed by atoms with E-state index in [-0.39, 0.29) is 17.6 Å². The highest BCUT2D eigenvalue weighted by atomic mass is 35.5. The minimum Gasteiger partial charge on any atom is -0.310 e. The lowest BCUT2D eigenvalue weighted by molar-refractivity contribution is -0.115. The van der Waals surface area contributed by atoms with Crippen LogP contribution >= 0.6 is 34.8 Å². The Kier molecular flexibility index (Phi) is 4.58. The Balaban J connectivity index is 2.03. The first-order valence-electron chi connectivity index (χ1n) is 5.27. The van der Waals surface area contributed by atoms with Gasteiger partial charge in [-0.15, -0.1) is 0 Å². The fraction of sp³-hybridized carbons (Fsp3) is 0.0833. The Labute approximate surface area is 124 Å². The Hall–Kier alpha value is -1.36. The van der Waals surface area contributed by atoms with Crippen LogP contribution in [0.5, 0.6) is 0 Å². The summed E-state index contributed by atoms with van der Waals surface area (Å²) in [6.07, 6.45) is 1.63. The molecule has 7 heteroatoms. The molecule has 0 saturated heterocycles. The molecule has 4 nitrogen and oxygen atoms in total. The molecule has 0 unspecified atom stereocenters. The van der Waals surface area contributed by atoms with E-state index in [0.29, 0.717) is 15.9 Å². The molecule has 1 heterocycles. The quantitative estimate of drug-likeness (QED) is 0.880. The molecule has 0 fully saturated rings. The molecule has 0 saturated carbocycles. The van der Waals surface area contributed by atoms with Crippen molar-refractivity contribution in [3.63, 3.8) is 0 Å². The van der Waals surface area contributed by atoms with Crippen molar-refractivity contribution < 1.29 is 4.79 Å². The second kappa shape index (κ2) is 6.19. The number of hydrogen-bond donors (Lipinski definition) is 1. The van der Waals surface area contributed by atoms with Crippen molar-refractivity contribution in [2.45, 2.75) is 6.42 Å². The number of aromatic nitrogens is 2. The molecule has 98 valence electrons. The summed E-state index contributed by atoms with van der Waals surface area (Å²) in [4.78, 5) is 19.4. The Bertz CT molecular complexity index is 619. The van der Waals surface area contributed by atoms with Crippen LogP contribution in [-0.4, -0.2) is 15.9 Å². The van der Waals surface area contributed by atoms with Crippen LogP contribution in [0.25, 0.3) is 0 Å². The van der Waals surface area contributed by atoms with Gasteiger partial charge in [-0.3, -0.25) is 4.79 Å². The summed E-state index contributed by atoms with van der Waals surface area (Å²) in [5, 5.41) is 3.56. The molecule has 0 radical (unpaired) electrons. The van der Waals surface area contributed by atoms with Crippen LogP contribution in [0.15, 0.2) is 30.5 Å². The third kappa shape index (κ3) is 4.06. The van der Waals surface area contributed by atoms with Crippen LogP contribution in [0.1, 0.15) is 5.56 Å². The Morgan fingerprint density at radius 2 is 1.95 bits per heavy atom. The molecular weight excluding hydrogens is 309 g/mol. The number of amides is 1. The molecule has 1 aromatic carbocycles. The standard InChI is InChI=1S/C12H8Cl3N3O/c13-8-2-1-7(5-9(8)14)6-11(19)17-10-3-4-16-12(15)18-10/h1-5H,6H2,(H,16,17,18,19). The van der Waals surface area contributed by atoms with Crippen molar-refractivity contribution in [2.24, 2.45) is 0 Å². The predicted molar refractivity (Wildman–Crippen MR) is 75.8 cm³/mol. The number of anilines is 1. The summed E-state index contributed by atoms with van der Waals surface area (Å²) in [6.45, 7) is 0. The molecule has 1 N–H and O–H groups in total. The number of carbonyl (C=O) groups excluding carboxylic acids is 1. The minimum atomic E-state index is -0.229.